The van der Waals surface area contributed by atoms with E-state index in [2.05, 4.69) is 0 Å². The van der Waals surface area contributed by atoms with Crippen molar-refractivity contribution in [2.45, 2.75) is 19.6 Å². The molecule has 0 aliphatic carbocycles. The number of hydrogen-bond acceptors (Lipinski definition) is 6. The van der Waals surface area contributed by atoms with Crippen molar-refractivity contribution in [1.82, 2.24) is 0 Å². The number of carbonyl (C=O) groups is 2. The summed E-state index contributed by atoms with van der Waals surface area (Å²) < 4.78 is 15.3. The molecule has 1 heterocycles. The van der Waals surface area contributed by atoms with Gasteiger partial charge < -0.3 is 14.2 Å². The Labute approximate surface area is 122 Å². The van der Waals surface area contributed by atoms with Gasteiger partial charge in [0.15, 0.2) is 6.23 Å². The van der Waals surface area contributed by atoms with E-state index in [0.717, 1.165) is 0 Å². The van der Waals surface area contributed by atoms with E-state index in [4.69, 9.17) is 19.9 Å². The van der Waals surface area contributed by atoms with Gasteiger partial charge in [-0.2, -0.15) is 0 Å². The Morgan fingerprint density at radius 2 is 2.14 bits per heavy atom. The number of methoxy groups -OCH3 is 1. The summed E-state index contributed by atoms with van der Waals surface area (Å²) in [6.07, 6.45) is 1.09. The first-order valence-corrected chi connectivity index (χ1v) is 6.58. The number of esters is 2. The molecule has 21 heavy (non-hydrogen) atoms. The van der Waals surface area contributed by atoms with Gasteiger partial charge in [-0.3, -0.25) is 5.73 Å². The van der Waals surface area contributed by atoms with Crippen molar-refractivity contribution in [3.8, 4) is 5.75 Å². The lowest BCUT2D eigenvalue weighted by molar-refractivity contribution is -0.138. The van der Waals surface area contributed by atoms with Gasteiger partial charge in [-0.15, -0.1) is 0 Å². The summed E-state index contributed by atoms with van der Waals surface area (Å²) >= 11 is 0. The topological polar surface area (TPSA) is 87.9 Å². The number of para-hydroxylation sites is 1. The molecule has 6 nitrogen and oxygen atoms in total. The summed E-state index contributed by atoms with van der Waals surface area (Å²) in [4.78, 5) is 23.7. The molecule has 0 saturated carbocycles. The van der Waals surface area contributed by atoms with Gasteiger partial charge in [-0.05, 0) is 19.1 Å². The molecular weight excluding hydrogens is 274 g/mol. The minimum atomic E-state index is -0.743. The minimum absolute atomic E-state index is 0.203. The molecule has 2 rings (SSSR count). The fourth-order valence-electron chi connectivity index (χ4n) is 2.09. The molecule has 0 spiro atoms. The van der Waals surface area contributed by atoms with E-state index in [9.17, 15) is 9.59 Å². The van der Waals surface area contributed by atoms with Crippen LogP contribution < -0.4 is 10.5 Å². The number of benzene rings is 1. The fourth-order valence-corrected chi connectivity index (χ4v) is 2.09. The summed E-state index contributed by atoms with van der Waals surface area (Å²) in [6.45, 7) is 2.01. The molecule has 1 atom stereocenters. The van der Waals surface area contributed by atoms with E-state index < -0.39 is 18.2 Å². The van der Waals surface area contributed by atoms with Crippen LogP contribution in [-0.2, 0) is 14.3 Å². The van der Waals surface area contributed by atoms with E-state index in [1.54, 1.807) is 31.2 Å². The Kier molecular flexibility index (Phi) is 4.59. The van der Waals surface area contributed by atoms with Crippen molar-refractivity contribution in [2.75, 3.05) is 13.7 Å². The number of ether oxygens (including phenoxy) is 3. The largest absolute Gasteiger partial charge is 0.474 e. The normalized spacial score (nSPS) is 16.9. The first kappa shape index (κ1) is 15.1. The average Bonchev–Trinajstić information content (AvgIpc) is 2.64. The molecule has 1 aromatic rings. The molecule has 0 aromatic heterocycles. The van der Waals surface area contributed by atoms with E-state index in [-0.39, 0.29) is 18.6 Å². The van der Waals surface area contributed by atoms with Crippen LogP contribution in [0.1, 0.15) is 29.3 Å². The quantitative estimate of drug-likeness (QED) is 0.849. The smallest absolute Gasteiger partial charge is 0.341 e. The van der Waals surface area contributed by atoms with Crippen LogP contribution in [0.3, 0.4) is 0 Å². The highest BCUT2D eigenvalue weighted by molar-refractivity contribution is 5.97. The van der Waals surface area contributed by atoms with E-state index >= 15 is 0 Å². The summed E-state index contributed by atoms with van der Waals surface area (Å²) in [5.41, 5.74) is 7.13. The van der Waals surface area contributed by atoms with Crippen LogP contribution >= 0.6 is 0 Å². The van der Waals surface area contributed by atoms with Crippen molar-refractivity contribution in [3.63, 3.8) is 0 Å². The Bertz CT molecular complexity index is 594. The second-order valence-electron chi connectivity index (χ2n) is 4.47. The zero-order chi connectivity index (χ0) is 15.4. The molecule has 0 saturated heterocycles. The fraction of sp³-hybridized carbons (Fsp3) is 0.333. The van der Waals surface area contributed by atoms with Gasteiger partial charge in [0.05, 0.1) is 13.7 Å². The zero-order valence-corrected chi connectivity index (χ0v) is 11.9. The lowest BCUT2D eigenvalue weighted by atomic mass is 10.1. The molecular formula is C15H17NO5. The number of fused-ring (bicyclic) bond motifs is 1. The molecule has 1 aromatic carbocycles. The molecule has 0 fully saturated rings. The maximum atomic E-state index is 11.9. The van der Waals surface area contributed by atoms with E-state index in [0.29, 0.717) is 16.9 Å². The first-order chi connectivity index (χ1) is 10.1. The Hall–Kier alpha value is -2.34. The second-order valence-corrected chi connectivity index (χ2v) is 4.47. The Morgan fingerprint density at radius 1 is 1.38 bits per heavy atom. The number of carbonyl (C=O) groups excluding carboxylic acids is 2. The van der Waals surface area contributed by atoms with Gasteiger partial charge in [0.2, 0.25) is 0 Å². The minimum Gasteiger partial charge on any atom is -0.474 e. The highest BCUT2D eigenvalue weighted by atomic mass is 16.5. The SMILES string of the molecule is CCOC(=O)C1=Cc2cccc(C(=O)OC)c2OC(N)C1. The van der Waals surface area contributed by atoms with Crippen LogP contribution in [0, 0.1) is 0 Å². The van der Waals surface area contributed by atoms with Crippen LogP contribution in [0.25, 0.3) is 6.08 Å². The van der Waals surface area contributed by atoms with Crippen LogP contribution in [-0.4, -0.2) is 31.9 Å². The predicted octanol–water partition coefficient (Wildman–Crippen LogP) is 1.49. The molecule has 1 aliphatic rings. The molecule has 0 bridgehead atoms. The third-order valence-corrected chi connectivity index (χ3v) is 3.01. The van der Waals surface area contributed by atoms with E-state index in [1.807, 2.05) is 0 Å². The highest BCUT2D eigenvalue weighted by Crippen LogP contribution is 2.31. The van der Waals surface area contributed by atoms with Gasteiger partial charge in [-0.1, -0.05) is 12.1 Å². The third kappa shape index (κ3) is 3.22. The molecule has 112 valence electrons. The lowest BCUT2D eigenvalue weighted by Crippen LogP contribution is -2.29. The molecule has 0 radical (unpaired) electrons. The number of hydrogen-bond donors (Lipinski definition) is 1. The van der Waals surface area contributed by atoms with Crippen molar-refractivity contribution in [3.05, 3.63) is 34.9 Å². The standard InChI is InChI=1S/C15H17NO5/c1-3-20-14(17)10-7-9-5-4-6-11(15(18)19-2)13(9)21-12(16)8-10/h4-7,12H,3,8,16H2,1-2H3. The number of rotatable bonds is 3. The maximum absolute atomic E-state index is 11.9. The monoisotopic (exact) mass is 291 g/mol. The Balaban J connectivity index is 2.48. The van der Waals surface area contributed by atoms with Gasteiger partial charge in [0.25, 0.3) is 0 Å². The van der Waals surface area contributed by atoms with Gasteiger partial charge >= 0.3 is 11.9 Å². The van der Waals surface area contributed by atoms with Crippen LogP contribution in [0.15, 0.2) is 23.8 Å². The van der Waals surface area contributed by atoms with Crippen molar-refractivity contribution < 1.29 is 23.8 Å². The van der Waals surface area contributed by atoms with Gasteiger partial charge in [0, 0.05) is 17.6 Å². The summed E-state index contributed by atoms with van der Waals surface area (Å²) in [5, 5.41) is 0. The Morgan fingerprint density at radius 3 is 2.81 bits per heavy atom. The molecule has 2 N–H and O–H groups in total. The van der Waals surface area contributed by atoms with Crippen molar-refractivity contribution in [2.24, 2.45) is 5.73 Å². The van der Waals surface area contributed by atoms with Crippen LogP contribution in [0.5, 0.6) is 5.75 Å². The summed E-state index contributed by atoms with van der Waals surface area (Å²) in [5.74, 6) is -0.643. The number of nitrogens with two attached hydrogens (primary N) is 1. The van der Waals surface area contributed by atoms with Gasteiger partial charge in [0.1, 0.15) is 11.3 Å². The lowest BCUT2D eigenvalue weighted by Gasteiger charge is -2.15. The third-order valence-electron chi connectivity index (χ3n) is 3.01. The average molecular weight is 291 g/mol. The summed E-state index contributed by atoms with van der Waals surface area (Å²) in [7, 11) is 1.29. The van der Waals surface area contributed by atoms with Gasteiger partial charge in [-0.25, -0.2) is 9.59 Å². The predicted molar refractivity (Wildman–Crippen MR) is 75.6 cm³/mol. The molecule has 6 heteroatoms. The molecule has 0 amide bonds. The second kappa shape index (κ2) is 6.41. The molecule has 1 unspecified atom stereocenters. The summed E-state index contributed by atoms with van der Waals surface area (Å²) in [6, 6.07) is 5.00. The van der Waals surface area contributed by atoms with Crippen LogP contribution in [0.4, 0.5) is 0 Å². The van der Waals surface area contributed by atoms with Crippen molar-refractivity contribution in [1.29, 1.82) is 0 Å². The van der Waals surface area contributed by atoms with Crippen LogP contribution in [0.2, 0.25) is 0 Å². The maximum Gasteiger partial charge on any atom is 0.341 e. The first-order valence-electron chi connectivity index (χ1n) is 6.58. The van der Waals surface area contributed by atoms with E-state index in [1.165, 1.54) is 7.11 Å². The highest BCUT2D eigenvalue weighted by Gasteiger charge is 2.25. The van der Waals surface area contributed by atoms with Crippen molar-refractivity contribution >= 4 is 18.0 Å². The zero-order valence-electron chi connectivity index (χ0n) is 11.9. The molecule has 1 aliphatic heterocycles.